The van der Waals surface area contributed by atoms with Crippen molar-refractivity contribution in [1.29, 1.82) is 0 Å². The lowest BCUT2D eigenvalue weighted by atomic mass is 10.1. The molecule has 19 heavy (non-hydrogen) atoms. The van der Waals surface area contributed by atoms with E-state index in [4.69, 9.17) is 0 Å². The molecule has 0 aliphatic carbocycles. The average molecular weight is 251 g/mol. The number of para-hydroxylation sites is 1. The van der Waals surface area contributed by atoms with Crippen molar-refractivity contribution in [2.24, 2.45) is 0 Å². The van der Waals surface area contributed by atoms with Crippen molar-refractivity contribution in [3.8, 4) is 0 Å². The Labute approximate surface area is 110 Å². The molecule has 2 N–H and O–H groups in total. The van der Waals surface area contributed by atoms with E-state index in [0.717, 1.165) is 16.5 Å². The number of nitrogens with zero attached hydrogens (tertiary/aromatic N) is 1. The number of carbonyl (C=O) groups excluding carboxylic acids is 1. The summed E-state index contributed by atoms with van der Waals surface area (Å²) in [5.41, 5.74) is 2.46. The Kier molecular flexibility index (Phi) is 2.98. The van der Waals surface area contributed by atoms with Crippen LogP contribution < -0.4 is 5.32 Å². The van der Waals surface area contributed by atoms with Gasteiger partial charge in [-0.15, -0.1) is 0 Å². The van der Waals surface area contributed by atoms with Gasteiger partial charge in [0.05, 0.1) is 17.3 Å². The molecule has 3 rings (SSSR count). The summed E-state index contributed by atoms with van der Waals surface area (Å²) in [6.07, 6.45) is 1.71. The highest BCUT2D eigenvalue weighted by molar-refractivity contribution is 6.05. The molecule has 0 unspecified atom stereocenters. The van der Waals surface area contributed by atoms with Crippen LogP contribution in [-0.2, 0) is 6.54 Å². The van der Waals surface area contributed by atoms with Gasteiger partial charge in [-0.2, -0.15) is 5.10 Å². The first-order chi connectivity index (χ1) is 9.34. The Bertz CT molecular complexity index is 703. The molecule has 1 amide bonds. The van der Waals surface area contributed by atoms with Crippen LogP contribution in [0, 0.1) is 0 Å². The molecular weight excluding hydrogens is 238 g/mol. The molecule has 1 aromatic heterocycles. The van der Waals surface area contributed by atoms with Crippen LogP contribution >= 0.6 is 0 Å². The van der Waals surface area contributed by atoms with Gasteiger partial charge in [-0.25, -0.2) is 0 Å². The summed E-state index contributed by atoms with van der Waals surface area (Å²) >= 11 is 0. The molecular formula is C15H13N3O. The van der Waals surface area contributed by atoms with Crippen LogP contribution in [0.3, 0.4) is 0 Å². The fraction of sp³-hybridized carbons (Fsp3) is 0.0667. The number of amides is 1. The molecule has 0 radical (unpaired) electrons. The standard InChI is InChI=1S/C15H13N3O/c19-15(16-9-11-5-2-1-3-6-11)13-8-4-7-12-10-17-18-14(12)13/h1-8,10H,9H2,(H,16,19)(H,17,18). The van der Waals surface area contributed by atoms with E-state index in [1.165, 1.54) is 0 Å². The third kappa shape index (κ3) is 2.33. The second kappa shape index (κ2) is 4.94. The van der Waals surface area contributed by atoms with Gasteiger partial charge >= 0.3 is 0 Å². The van der Waals surface area contributed by atoms with Crippen molar-refractivity contribution in [2.45, 2.75) is 6.54 Å². The fourth-order valence-electron chi connectivity index (χ4n) is 2.03. The number of aromatic nitrogens is 2. The maximum Gasteiger partial charge on any atom is 0.253 e. The van der Waals surface area contributed by atoms with Gasteiger partial charge in [-0.1, -0.05) is 42.5 Å². The summed E-state index contributed by atoms with van der Waals surface area (Å²) in [7, 11) is 0. The highest BCUT2D eigenvalue weighted by Gasteiger charge is 2.10. The van der Waals surface area contributed by atoms with Crippen molar-refractivity contribution in [1.82, 2.24) is 15.5 Å². The summed E-state index contributed by atoms with van der Waals surface area (Å²) in [5.74, 6) is -0.0984. The number of H-pyrrole nitrogens is 1. The molecule has 94 valence electrons. The molecule has 0 saturated carbocycles. The van der Waals surface area contributed by atoms with Crippen LogP contribution in [0.25, 0.3) is 10.9 Å². The summed E-state index contributed by atoms with van der Waals surface area (Å²) in [6.45, 7) is 0.518. The van der Waals surface area contributed by atoms with Gasteiger partial charge in [0.15, 0.2) is 0 Å². The fourth-order valence-corrected chi connectivity index (χ4v) is 2.03. The number of carbonyl (C=O) groups is 1. The van der Waals surface area contributed by atoms with E-state index in [1.54, 1.807) is 12.3 Å². The number of hydrogen-bond acceptors (Lipinski definition) is 2. The minimum absolute atomic E-state index is 0.0984. The first kappa shape index (κ1) is 11.5. The Morgan fingerprint density at radius 2 is 1.95 bits per heavy atom. The van der Waals surface area contributed by atoms with Crippen LogP contribution in [0.4, 0.5) is 0 Å². The molecule has 0 atom stereocenters. The zero-order valence-corrected chi connectivity index (χ0v) is 10.3. The second-order valence-corrected chi connectivity index (χ2v) is 4.31. The number of nitrogens with one attached hydrogen (secondary N) is 2. The third-order valence-electron chi connectivity index (χ3n) is 3.02. The van der Waals surface area contributed by atoms with Crippen LogP contribution in [-0.4, -0.2) is 16.1 Å². The smallest absolute Gasteiger partial charge is 0.253 e. The molecule has 2 aromatic carbocycles. The minimum atomic E-state index is -0.0984. The van der Waals surface area contributed by atoms with Gasteiger partial charge in [-0.05, 0) is 11.6 Å². The van der Waals surface area contributed by atoms with E-state index in [0.29, 0.717) is 12.1 Å². The first-order valence-electron chi connectivity index (χ1n) is 6.09. The second-order valence-electron chi connectivity index (χ2n) is 4.31. The van der Waals surface area contributed by atoms with Crippen LogP contribution in [0.2, 0.25) is 0 Å². The minimum Gasteiger partial charge on any atom is -0.348 e. The molecule has 0 aliphatic heterocycles. The van der Waals surface area contributed by atoms with E-state index in [9.17, 15) is 4.79 Å². The number of fused-ring (bicyclic) bond motifs is 1. The van der Waals surface area contributed by atoms with Crippen molar-refractivity contribution in [3.05, 3.63) is 65.9 Å². The molecule has 4 heteroatoms. The van der Waals surface area contributed by atoms with Crippen LogP contribution in [0.15, 0.2) is 54.7 Å². The number of aromatic amines is 1. The summed E-state index contributed by atoms with van der Waals surface area (Å²) in [5, 5.41) is 10.7. The predicted molar refractivity (Wildman–Crippen MR) is 73.7 cm³/mol. The summed E-state index contributed by atoms with van der Waals surface area (Å²) in [4.78, 5) is 12.2. The number of hydrogen-bond donors (Lipinski definition) is 2. The first-order valence-corrected chi connectivity index (χ1v) is 6.09. The molecule has 0 aliphatic rings. The maximum atomic E-state index is 12.2. The Morgan fingerprint density at radius 3 is 2.79 bits per heavy atom. The maximum absolute atomic E-state index is 12.2. The van der Waals surface area contributed by atoms with Gasteiger partial charge < -0.3 is 5.32 Å². The van der Waals surface area contributed by atoms with Gasteiger partial charge in [0, 0.05) is 11.9 Å². The van der Waals surface area contributed by atoms with E-state index in [2.05, 4.69) is 15.5 Å². The largest absolute Gasteiger partial charge is 0.348 e. The lowest BCUT2D eigenvalue weighted by molar-refractivity contribution is 0.0952. The zero-order valence-electron chi connectivity index (χ0n) is 10.3. The Balaban J connectivity index is 1.79. The molecule has 1 heterocycles. The average Bonchev–Trinajstić information content (AvgIpc) is 2.94. The Hall–Kier alpha value is -2.62. The highest BCUT2D eigenvalue weighted by Crippen LogP contribution is 2.15. The topological polar surface area (TPSA) is 57.8 Å². The molecule has 4 nitrogen and oxygen atoms in total. The van der Waals surface area contributed by atoms with Crippen molar-refractivity contribution in [3.63, 3.8) is 0 Å². The lowest BCUT2D eigenvalue weighted by Gasteiger charge is -2.06. The van der Waals surface area contributed by atoms with E-state index < -0.39 is 0 Å². The molecule has 0 saturated heterocycles. The Morgan fingerprint density at radius 1 is 1.11 bits per heavy atom. The quantitative estimate of drug-likeness (QED) is 0.751. The highest BCUT2D eigenvalue weighted by atomic mass is 16.1. The summed E-state index contributed by atoms with van der Waals surface area (Å²) in [6, 6.07) is 15.4. The van der Waals surface area contributed by atoms with Crippen LogP contribution in [0.5, 0.6) is 0 Å². The monoisotopic (exact) mass is 251 g/mol. The predicted octanol–water partition coefficient (Wildman–Crippen LogP) is 2.49. The van der Waals surface area contributed by atoms with Gasteiger partial charge in [0.25, 0.3) is 5.91 Å². The normalized spacial score (nSPS) is 10.5. The number of benzene rings is 2. The third-order valence-corrected chi connectivity index (χ3v) is 3.02. The van der Waals surface area contributed by atoms with Crippen molar-refractivity contribution < 1.29 is 4.79 Å². The van der Waals surface area contributed by atoms with Crippen molar-refractivity contribution >= 4 is 16.8 Å². The summed E-state index contributed by atoms with van der Waals surface area (Å²) < 4.78 is 0. The zero-order chi connectivity index (χ0) is 13.1. The lowest BCUT2D eigenvalue weighted by Crippen LogP contribution is -2.23. The van der Waals surface area contributed by atoms with Gasteiger partial charge in [-0.3, -0.25) is 9.89 Å². The molecule has 0 fully saturated rings. The van der Waals surface area contributed by atoms with E-state index in [1.807, 2.05) is 42.5 Å². The number of rotatable bonds is 3. The van der Waals surface area contributed by atoms with E-state index >= 15 is 0 Å². The van der Waals surface area contributed by atoms with Crippen LogP contribution in [0.1, 0.15) is 15.9 Å². The SMILES string of the molecule is O=C(NCc1ccccc1)c1cccc2cn[nH]c12. The van der Waals surface area contributed by atoms with E-state index in [-0.39, 0.29) is 5.91 Å². The molecule has 0 bridgehead atoms. The van der Waals surface area contributed by atoms with Crippen molar-refractivity contribution in [2.75, 3.05) is 0 Å². The molecule has 0 spiro atoms. The van der Waals surface area contributed by atoms with Gasteiger partial charge in [0.1, 0.15) is 0 Å². The van der Waals surface area contributed by atoms with Gasteiger partial charge in [0.2, 0.25) is 0 Å². The molecule has 3 aromatic rings.